The molecule has 0 bridgehead atoms. The number of thioether (sulfide) groups is 1. The lowest BCUT2D eigenvalue weighted by atomic mass is 10.3. The van der Waals surface area contributed by atoms with E-state index in [2.05, 4.69) is 22.4 Å². The first-order valence-corrected chi connectivity index (χ1v) is 7.41. The van der Waals surface area contributed by atoms with Crippen molar-refractivity contribution in [3.8, 4) is 0 Å². The van der Waals surface area contributed by atoms with Crippen molar-refractivity contribution in [2.75, 3.05) is 16.8 Å². The van der Waals surface area contributed by atoms with E-state index < -0.39 is 0 Å². The predicted octanol–water partition coefficient (Wildman–Crippen LogP) is 3.17. The summed E-state index contributed by atoms with van der Waals surface area (Å²) in [6.07, 6.45) is 4.47. The number of carbonyl (C=O) groups is 1. The molecule has 0 atom stereocenters. The molecule has 20 heavy (non-hydrogen) atoms. The van der Waals surface area contributed by atoms with Crippen molar-refractivity contribution in [3.05, 3.63) is 48.8 Å². The molecule has 0 fully saturated rings. The van der Waals surface area contributed by atoms with Gasteiger partial charge in [0, 0.05) is 17.5 Å². The van der Waals surface area contributed by atoms with Crippen LogP contribution in [-0.4, -0.2) is 16.6 Å². The number of nitrogen functional groups attached to an aromatic ring is 1. The molecule has 1 aromatic heterocycles. The van der Waals surface area contributed by atoms with Gasteiger partial charge in [-0.1, -0.05) is 18.2 Å². The Morgan fingerprint density at radius 1 is 1.25 bits per heavy atom. The van der Waals surface area contributed by atoms with E-state index >= 15 is 0 Å². The van der Waals surface area contributed by atoms with Crippen LogP contribution >= 0.6 is 11.8 Å². The summed E-state index contributed by atoms with van der Waals surface area (Å²) >= 11 is 1.75. The van der Waals surface area contributed by atoms with E-state index in [1.54, 1.807) is 30.2 Å². The average molecular weight is 287 g/mol. The van der Waals surface area contributed by atoms with Crippen LogP contribution in [0.4, 0.5) is 11.4 Å². The van der Waals surface area contributed by atoms with E-state index in [1.807, 2.05) is 18.2 Å². The highest BCUT2D eigenvalue weighted by molar-refractivity contribution is 7.99. The lowest BCUT2D eigenvalue weighted by molar-refractivity contribution is -0.116. The first kappa shape index (κ1) is 14.4. The Bertz CT molecular complexity index is 560. The molecule has 3 N–H and O–H groups in total. The molecule has 1 aromatic carbocycles. The van der Waals surface area contributed by atoms with Crippen LogP contribution in [0.3, 0.4) is 0 Å². The number of pyridine rings is 1. The summed E-state index contributed by atoms with van der Waals surface area (Å²) in [6.45, 7) is 0. The first-order chi connectivity index (χ1) is 9.75. The minimum atomic E-state index is -0.0293. The summed E-state index contributed by atoms with van der Waals surface area (Å²) < 4.78 is 0. The number of nitrogens with one attached hydrogen (secondary N) is 1. The average Bonchev–Trinajstić information content (AvgIpc) is 2.47. The normalized spacial score (nSPS) is 10.2. The molecule has 0 saturated heterocycles. The lowest BCUT2D eigenvalue weighted by Gasteiger charge is -2.07. The summed E-state index contributed by atoms with van der Waals surface area (Å²) in [5, 5.41) is 2.77. The number of anilines is 2. The van der Waals surface area contributed by atoms with Crippen molar-refractivity contribution >= 4 is 29.0 Å². The Balaban J connectivity index is 1.69. The van der Waals surface area contributed by atoms with E-state index in [0.717, 1.165) is 12.2 Å². The molecule has 4 nitrogen and oxygen atoms in total. The van der Waals surface area contributed by atoms with Gasteiger partial charge >= 0.3 is 0 Å². The summed E-state index contributed by atoms with van der Waals surface area (Å²) in [7, 11) is 0. The Labute approximate surface area is 122 Å². The smallest absolute Gasteiger partial charge is 0.224 e. The Kier molecular flexibility index (Phi) is 5.43. The lowest BCUT2D eigenvalue weighted by Crippen LogP contribution is -2.13. The fourth-order valence-electron chi connectivity index (χ4n) is 1.66. The van der Waals surface area contributed by atoms with E-state index in [9.17, 15) is 4.79 Å². The maximum absolute atomic E-state index is 11.8. The first-order valence-electron chi connectivity index (χ1n) is 6.43. The van der Waals surface area contributed by atoms with Gasteiger partial charge in [-0.3, -0.25) is 9.78 Å². The number of nitrogens with zero attached hydrogens (tertiary/aromatic N) is 1. The van der Waals surface area contributed by atoms with Crippen LogP contribution in [0.25, 0.3) is 0 Å². The number of nitrogens with two attached hydrogens (primary N) is 1. The zero-order valence-corrected chi connectivity index (χ0v) is 11.9. The number of amides is 1. The van der Waals surface area contributed by atoms with Gasteiger partial charge in [0.15, 0.2) is 0 Å². The number of rotatable bonds is 6. The molecule has 2 aromatic rings. The van der Waals surface area contributed by atoms with Crippen molar-refractivity contribution in [2.45, 2.75) is 17.7 Å². The third-order valence-electron chi connectivity index (χ3n) is 2.69. The molecule has 1 amide bonds. The van der Waals surface area contributed by atoms with E-state index in [4.69, 9.17) is 5.73 Å². The SMILES string of the molecule is Nc1ccncc1NC(=O)CCCSc1ccccc1. The minimum Gasteiger partial charge on any atom is -0.397 e. The van der Waals surface area contributed by atoms with Crippen molar-refractivity contribution in [2.24, 2.45) is 0 Å². The highest BCUT2D eigenvalue weighted by Crippen LogP contribution is 2.19. The van der Waals surface area contributed by atoms with E-state index in [0.29, 0.717) is 17.8 Å². The molecule has 2 rings (SSSR count). The monoisotopic (exact) mass is 287 g/mol. The largest absolute Gasteiger partial charge is 0.397 e. The van der Waals surface area contributed by atoms with Crippen LogP contribution in [-0.2, 0) is 4.79 Å². The van der Waals surface area contributed by atoms with Gasteiger partial charge in [0.1, 0.15) is 0 Å². The molecule has 5 heteroatoms. The number of hydrogen-bond acceptors (Lipinski definition) is 4. The second-order valence-electron chi connectivity index (χ2n) is 4.28. The van der Waals surface area contributed by atoms with E-state index in [-0.39, 0.29) is 5.91 Å². The van der Waals surface area contributed by atoms with Crippen molar-refractivity contribution in [1.29, 1.82) is 0 Å². The molecule has 104 valence electrons. The number of benzene rings is 1. The van der Waals surface area contributed by atoms with Crippen LogP contribution in [0, 0.1) is 0 Å². The maximum Gasteiger partial charge on any atom is 0.224 e. The van der Waals surface area contributed by atoms with Gasteiger partial charge < -0.3 is 11.1 Å². The van der Waals surface area contributed by atoms with Crippen LogP contribution in [0.5, 0.6) is 0 Å². The standard InChI is InChI=1S/C15H17N3OS/c16-13-8-9-17-11-14(13)18-15(19)7-4-10-20-12-5-2-1-3-6-12/h1-3,5-6,8-9,11H,4,7,10H2,(H2,16,17)(H,18,19). The third kappa shape index (κ3) is 4.59. The van der Waals surface area contributed by atoms with Gasteiger partial charge in [0.25, 0.3) is 0 Å². The Morgan fingerprint density at radius 3 is 2.80 bits per heavy atom. The summed E-state index contributed by atoms with van der Waals surface area (Å²) in [4.78, 5) is 16.9. The fourth-order valence-corrected chi connectivity index (χ4v) is 2.54. The van der Waals surface area contributed by atoms with Crippen molar-refractivity contribution < 1.29 is 4.79 Å². The van der Waals surface area contributed by atoms with Gasteiger partial charge in [-0.15, -0.1) is 11.8 Å². The highest BCUT2D eigenvalue weighted by atomic mass is 32.2. The summed E-state index contributed by atoms with van der Waals surface area (Å²) in [5.41, 5.74) is 6.85. The fraction of sp³-hybridized carbons (Fsp3) is 0.200. The molecule has 0 aliphatic heterocycles. The molecule has 0 unspecified atom stereocenters. The van der Waals surface area contributed by atoms with E-state index in [1.165, 1.54) is 4.90 Å². The Hall–Kier alpha value is -2.01. The molecule has 0 spiro atoms. The van der Waals surface area contributed by atoms with Crippen LogP contribution in [0.2, 0.25) is 0 Å². The molecule has 0 radical (unpaired) electrons. The van der Waals surface area contributed by atoms with Crippen LogP contribution in [0.1, 0.15) is 12.8 Å². The number of aromatic nitrogens is 1. The molecular formula is C15H17N3OS. The zero-order chi connectivity index (χ0) is 14.2. The van der Waals surface area contributed by atoms with Crippen LogP contribution < -0.4 is 11.1 Å². The predicted molar refractivity (Wildman–Crippen MR) is 83.7 cm³/mol. The topological polar surface area (TPSA) is 68.0 Å². The van der Waals surface area contributed by atoms with Crippen molar-refractivity contribution in [1.82, 2.24) is 4.98 Å². The summed E-state index contributed by atoms with van der Waals surface area (Å²) in [6, 6.07) is 11.8. The molecule has 0 aliphatic carbocycles. The third-order valence-corrected chi connectivity index (χ3v) is 3.79. The minimum absolute atomic E-state index is 0.0293. The van der Waals surface area contributed by atoms with Crippen LogP contribution in [0.15, 0.2) is 53.7 Å². The Morgan fingerprint density at radius 2 is 2.05 bits per heavy atom. The van der Waals surface area contributed by atoms with Gasteiger partial charge in [0.05, 0.1) is 17.6 Å². The molecule has 0 aliphatic rings. The zero-order valence-electron chi connectivity index (χ0n) is 11.1. The van der Waals surface area contributed by atoms with Gasteiger partial charge in [-0.25, -0.2) is 0 Å². The molecular weight excluding hydrogens is 270 g/mol. The molecule has 0 saturated carbocycles. The van der Waals surface area contributed by atoms with Gasteiger partial charge in [-0.05, 0) is 30.4 Å². The number of hydrogen-bond donors (Lipinski definition) is 2. The van der Waals surface area contributed by atoms with Gasteiger partial charge in [-0.2, -0.15) is 0 Å². The second kappa shape index (κ2) is 7.55. The quantitative estimate of drug-likeness (QED) is 0.632. The second-order valence-corrected chi connectivity index (χ2v) is 5.44. The number of carbonyl (C=O) groups excluding carboxylic acids is 1. The highest BCUT2D eigenvalue weighted by Gasteiger charge is 2.05. The molecule has 1 heterocycles. The summed E-state index contributed by atoms with van der Waals surface area (Å²) in [5.74, 6) is 0.887. The van der Waals surface area contributed by atoms with Crippen molar-refractivity contribution in [3.63, 3.8) is 0 Å². The maximum atomic E-state index is 11.8. The van der Waals surface area contributed by atoms with Gasteiger partial charge in [0.2, 0.25) is 5.91 Å².